The van der Waals surface area contributed by atoms with Crippen molar-refractivity contribution >= 4 is 17.7 Å². The Balaban J connectivity index is 1.39. The lowest BCUT2D eigenvalue weighted by atomic mass is 9.94. The fourth-order valence-corrected chi connectivity index (χ4v) is 5.02. The lowest BCUT2D eigenvalue weighted by Gasteiger charge is -2.43. The Bertz CT molecular complexity index is 988. The van der Waals surface area contributed by atoms with Crippen molar-refractivity contribution in [3.8, 4) is 0 Å². The largest absolute Gasteiger partial charge is 0.444 e. The van der Waals surface area contributed by atoms with Gasteiger partial charge in [0.2, 0.25) is 5.95 Å². The number of hydrogen-bond acceptors (Lipinski definition) is 6. The number of benzene rings is 1. The van der Waals surface area contributed by atoms with Gasteiger partial charge in [-0.05, 0) is 77.6 Å². The molecule has 33 heavy (non-hydrogen) atoms. The van der Waals surface area contributed by atoms with Gasteiger partial charge in [-0.3, -0.25) is 4.90 Å². The molecular weight excluding hydrogens is 414 g/mol. The average molecular weight is 452 g/mol. The van der Waals surface area contributed by atoms with Crippen LogP contribution in [0.2, 0.25) is 0 Å². The number of nitrogens with one attached hydrogen (secondary N) is 1. The minimum Gasteiger partial charge on any atom is -0.444 e. The number of hydrogen-bond donors (Lipinski definition) is 1. The standard InChI is InChI=1S/C26H37N5O2/c1-17-13-18(2)15-20(14-17)28-24-27-16-22-19(3)31(12-9-23(22)29-24)21-7-10-30(11-8-21)25(32)33-26(4,5)6/h13-16,19,21H,7-12H2,1-6H3,(H,27,28,29). The van der Waals surface area contributed by atoms with Crippen LogP contribution in [0.3, 0.4) is 0 Å². The Morgan fingerprint density at radius 1 is 1.09 bits per heavy atom. The van der Waals surface area contributed by atoms with Crippen molar-refractivity contribution in [1.29, 1.82) is 0 Å². The van der Waals surface area contributed by atoms with Gasteiger partial charge in [0.15, 0.2) is 0 Å². The molecule has 0 saturated carbocycles. The molecule has 1 aromatic carbocycles. The molecule has 1 fully saturated rings. The van der Waals surface area contributed by atoms with Crippen LogP contribution in [0.15, 0.2) is 24.4 Å². The smallest absolute Gasteiger partial charge is 0.410 e. The molecule has 1 N–H and O–H groups in total. The summed E-state index contributed by atoms with van der Waals surface area (Å²) in [6, 6.07) is 7.11. The van der Waals surface area contributed by atoms with E-state index in [0.717, 1.165) is 50.3 Å². The first-order chi connectivity index (χ1) is 15.6. The molecule has 4 rings (SSSR count). The Hall–Kier alpha value is -2.67. The molecule has 178 valence electrons. The number of aryl methyl sites for hydroxylation is 2. The first-order valence-corrected chi connectivity index (χ1v) is 12.0. The van der Waals surface area contributed by atoms with Crippen molar-refractivity contribution < 1.29 is 9.53 Å². The van der Waals surface area contributed by atoms with E-state index < -0.39 is 5.60 Å². The fraction of sp³-hybridized carbons (Fsp3) is 0.577. The maximum atomic E-state index is 12.4. The van der Waals surface area contributed by atoms with E-state index in [4.69, 9.17) is 9.72 Å². The Morgan fingerprint density at radius 2 is 1.76 bits per heavy atom. The van der Waals surface area contributed by atoms with E-state index in [0.29, 0.717) is 12.0 Å². The van der Waals surface area contributed by atoms with Crippen LogP contribution >= 0.6 is 0 Å². The molecule has 1 unspecified atom stereocenters. The summed E-state index contributed by atoms with van der Waals surface area (Å²) in [5.41, 5.74) is 5.35. The number of nitrogens with zero attached hydrogens (tertiary/aromatic N) is 4. The third-order valence-electron chi connectivity index (χ3n) is 6.52. The predicted octanol–water partition coefficient (Wildman–Crippen LogP) is 5.16. The summed E-state index contributed by atoms with van der Waals surface area (Å²) in [5, 5.41) is 3.37. The summed E-state index contributed by atoms with van der Waals surface area (Å²) < 4.78 is 5.54. The summed E-state index contributed by atoms with van der Waals surface area (Å²) in [6.45, 7) is 14.6. The second kappa shape index (κ2) is 9.29. The number of carbonyl (C=O) groups is 1. The van der Waals surface area contributed by atoms with Crippen LogP contribution < -0.4 is 5.32 Å². The van der Waals surface area contributed by atoms with Gasteiger partial charge in [-0.2, -0.15) is 0 Å². The SMILES string of the molecule is Cc1cc(C)cc(Nc2ncc3c(n2)CCN(C2CCN(C(=O)OC(C)(C)C)CC2)C3C)c1. The zero-order valence-corrected chi connectivity index (χ0v) is 20.8. The number of piperidine rings is 1. The maximum absolute atomic E-state index is 12.4. The third kappa shape index (κ3) is 5.64. The molecule has 1 atom stereocenters. The molecule has 0 aliphatic carbocycles. The van der Waals surface area contributed by atoms with E-state index in [1.807, 2.05) is 31.9 Å². The lowest BCUT2D eigenvalue weighted by Crippen LogP contribution is -2.50. The van der Waals surface area contributed by atoms with Crippen LogP contribution in [-0.4, -0.2) is 57.1 Å². The first kappa shape index (κ1) is 23.5. The highest BCUT2D eigenvalue weighted by atomic mass is 16.6. The minimum absolute atomic E-state index is 0.199. The molecule has 1 saturated heterocycles. The summed E-state index contributed by atoms with van der Waals surface area (Å²) >= 11 is 0. The quantitative estimate of drug-likeness (QED) is 0.695. The zero-order chi connectivity index (χ0) is 23.8. The average Bonchev–Trinajstić information content (AvgIpc) is 2.72. The van der Waals surface area contributed by atoms with Crippen LogP contribution in [-0.2, 0) is 11.2 Å². The van der Waals surface area contributed by atoms with Crippen molar-refractivity contribution in [2.24, 2.45) is 0 Å². The lowest BCUT2D eigenvalue weighted by molar-refractivity contribution is 0.0106. The van der Waals surface area contributed by atoms with Gasteiger partial charge in [0.1, 0.15) is 5.60 Å². The van der Waals surface area contributed by atoms with E-state index in [9.17, 15) is 4.79 Å². The van der Waals surface area contributed by atoms with Gasteiger partial charge in [0.05, 0.1) is 5.69 Å². The molecule has 7 heteroatoms. The van der Waals surface area contributed by atoms with Crippen LogP contribution in [0, 0.1) is 13.8 Å². The number of anilines is 2. The zero-order valence-electron chi connectivity index (χ0n) is 20.8. The number of fused-ring (bicyclic) bond motifs is 1. The van der Waals surface area contributed by atoms with Gasteiger partial charge >= 0.3 is 6.09 Å². The fourth-order valence-electron chi connectivity index (χ4n) is 5.02. The number of aromatic nitrogens is 2. The summed E-state index contributed by atoms with van der Waals surface area (Å²) in [7, 11) is 0. The number of amides is 1. The van der Waals surface area contributed by atoms with Crippen LogP contribution in [0.1, 0.15) is 69.0 Å². The van der Waals surface area contributed by atoms with Crippen LogP contribution in [0.4, 0.5) is 16.4 Å². The monoisotopic (exact) mass is 451 g/mol. The van der Waals surface area contributed by atoms with Gasteiger partial charge in [-0.15, -0.1) is 0 Å². The Morgan fingerprint density at radius 3 is 2.39 bits per heavy atom. The van der Waals surface area contributed by atoms with Gasteiger partial charge in [0.25, 0.3) is 0 Å². The molecule has 7 nitrogen and oxygen atoms in total. The molecule has 0 bridgehead atoms. The highest BCUT2D eigenvalue weighted by Gasteiger charge is 2.34. The second-order valence-corrected chi connectivity index (χ2v) is 10.5. The number of rotatable bonds is 3. The van der Waals surface area contributed by atoms with E-state index in [1.165, 1.54) is 16.7 Å². The van der Waals surface area contributed by atoms with Crippen molar-refractivity contribution in [3.05, 3.63) is 46.8 Å². The molecule has 1 amide bonds. The van der Waals surface area contributed by atoms with Crippen molar-refractivity contribution in [3.63, 3.8) is 0 Å². The summed E-state index contributed by atoms with van der Waals surface area (Å²) in [4.78, 5) is 26.3. The minimum atomic E-state index is -0.453. The molecule has 0 spiro atoms. The van der Waals surface area contributed by atoms with Gasteiger partial charge in [-0.25, -0.2) is 14.8 Å². The molecule has 3 heterocycles. The molecule has 2 aromatic rings. The number of carbonyl (C=O) groups excluding carboxylic acids is 1. The van der Waals surface area contributed by atoms with Gasteiger partial charge in [0, 0.05) is 55.6 Å². The number of ether oxygens (including phenoxy) is 1. The number of likely N-dealkylation sites (tertiary alicyclic amines) is 1. The van der Waals surface area contributed by atoms with Gasteiger partial charge in [-0.1, -0.05) is 6.07 Å². The van der Waals surface area contributed by atoms with E-state index in [1.54, 1.807) is 0 Å². The van der Waals surface area contributed by atoms with Crippen molar-refractivity contribution in [2.75, 3.05) is 25.0 Å². The Labute approximate surface area is 197 Å². The highest BCUT2D eigenvalue weighted by molar-refractivity contribution is 5.68. The van der Waals surface area contributed by atoms with Crippen molar-refractivity contribution in [1.82, 2.24) is 19.8 Å². The predicted molar refractivity (Wildman–Crippen MR) is 131 cm³/mol. The molecule has 1 aromatic heterocycles. The molecular formula is C26H37N5O2. The second-order valence-electron chi connectivity index (χ2n) is 10.5. The highest BCUT2D eigenvalue weighted by Crippen LogP contribution is 2.33. The molecule has 0 radical (unpaired) electrons. The summed E-state index contributed by atoms with van der Waals surface area (Å²) in [6.07, 6.45) is 4.63. The van der Waals surface area contributed by atoms with E-state index in [-0.39, 0.29) is 12.1 Å². The molecule has 2 aliphatic heterocycles. The maximum Gasteiger partial charge on any atom is 0.410 e. The van der Waals surface area contributed by atoms with Crippen molar-refractivity contribution in [2.45, 2.75) is 78.5 Å². The first-order valence-electron chi connectivity index (χ1n) is 12.0. The van der Waals surface area contributed by atoms with Crippen LogP contribution in [0.5, 0.6) is 0 Å². The molecule has 2 aliphatic rings. The Kier molecular flexibility index (Phi) is 6.61. The van der Waals surface area contributed by atoms with E-state index in [2.05, 4.69) is 54.2 Å². The van der Waals surface area contributed by atoms with E-state index >= 15 is 0 Å². The third-order valence-corrected chi connectivity index (χ3v) is 6.52. The van der Waals surface area contributed by atoms with Crippen LogP contribution in [0.25, 0.3) is 0 Å². The normalized spacial score (nSPS) is 19.8. The summed E-state index contributed by atoms with van der Waals surface area (Å²) in [5.74, 6) is 0.657. The topological polar surface area (TPSA) is 70.6 Å². The van der Waals surface area contributed by atoms with Gasteiger partial charge < -0.3 is 15.0 Å².